The molecular weight excluding hydrogens is 262 g/mol. The van der Waals surface area contributed by atoms with Crippen LogP contribution < -0.4 is 10.5 Å². The molecule has 0 aliphatic heterocycles. The molecular formula is C17H23N3O. The molecule has 0 bridgehead atoms. The molecule has 112 valence electrons. The maximum Gasteiger partial charge on any atom is 0.153 e. The van der Waals surface area contributed by atoms with Gasteiger partial charge in [-0.3, -0.25) is 5.10 Å². The Morgan fingerprint density at radius 3 is 2.33 bits per heavy atom. The summed E-state index contributed by atoms with van der Waals surface area (Å²) in [5.41, 5.74) is 9.69. The summed E-state index contributed by atoms with van der Waals surface area (Å²) in [7, 11) is 1.68. The van der Waals surface area contributed by atoms with Crippen LogP contribution >= 0.6 is 0 Å². The van der Waals surface area contributed by atoms with Gasteiger partial charge < -0.3 is 10.5 Å². The highest BCUT2D eigenvalue weighted by molar-refractivity contribution is 5.81. The van der Waals surface area contributed by atoms with E-state index >= 15 is 0 Å². The van der Waals surface area contributed by atoms with Crippen molar-refractivity contribution < 1.29 is 4.74 Å². The largest absolute Gasteiger partial charge is 0.496 e. The topological polar surface area (TPSA) is 63.9 Å². The van der Waals surface area contributed by atoms with E-state index in [-0.39, 0.29) is 10.8 Å². The van der Waals surface area contributed by atoms with Crippen LogP contribution in [-0.4, -0.2) is 17.3 Å². The number of nitrogens with two attached hydrogens (primary N) is 1. The first-order chi connectivity index (χ1) is 9.82. The molecule has 0 spiro atoms. The molecule has 3 rings (SSSR count). The van der Waals surface area contributed by atoms with Crippen molar-refractivity contribution in [3.63, 3.8) is 0 Å². The van der Waals surface area contributed by atoms with E-state index in [2.05, 4.69) is 37.9 Å². The Labute approximate surface area is 125 Å². The summed E-state index contributed by atoms with van der Waals surface area (Å²) in [6, 6.07) is 7.95. The van der Waals surface area contributed by atoms with Crippen LogP contribution in [0.1, 0.15) is 39.3 Å². The van der Waals surface area contributed by atoms with Gasteiger partial charge in [0.05, 0.1) is 12.7 Å². The molecule has 0 atom stereocenters. The van der Waals surface area contributed by atoms with Crippen molar-refractivity contribution in [2.75, 3.05) is 12.8 Å². The Morgan fingerprint density at radius 1 is 1.14 bits per heavy atom. The number of nitrogens with zero attached hydrogens (tertiary/aromatic N) is 1. The molecule has 1 aliphatic rings. The number of hydrogen-bond donors (Lipinski definition) is 2. The van der Waals surface area contributed by atoms with Crippen LogP contribution in [0.15, 0.2) is 24.3 Å². The van der Waals surface area contributed by atoms with Crippen molar-refractivity contribution >= 4 is 5.82 Å². The van der Waals surface area contributed by atoms with Gasteiger partial charge in [0.1, 0.15) is 5.75 Å². The van der Waals surface area contributed by atoms with E-state index < -0.39 is 0 Å². The average molecular weight is 285 g/mol. The minimum Gasteiger partial charge on any atom is -0.496 e. The normalized spacial score (nSPS) is 19.5. The van der Waals surface area contributed by atoms with Gasteiger partial charge in [0.2, 0.25) is 0 Å². The Balaban J connectivity index is 2.16. The number of nitrogens with one attached hydrogen (secondary N) is 1. The third-order valence-electron chi connectivity index (χ3n) is 5.51. The van der Waals surface area contributed by atoms with Crippen LogP contribution in [0.2, 0.25) is 0 Å². The summed E-state index contributed by atoms with van der Waals surface area (Å²) in [6.45, 7) is 9.17. The lowest BCUT2D eigenvalue weighted by Gasteiger charge is -2.10. The van der Waals surface area contributed by atoms with Crippen molar-refractivity contribution in [1.82, 2.24) is 10.2 Å². The third-order valence-corrected chi connectivity index (χ3v) is 5.51. The Kier molecular flexibility index (Phi) is 2.84. The number of H-pyrrole nitrogens is 1. The van der Waals surface area contributed by atoms with Gasteiger partial charge in [0, 0.05) is 17.2 Å². The summed E-state index contributed by atoms with van der Waals surface area (Å²) >= 11 is 0. The van der Waals surface area contributed by atoms with Crippen LogP contribution in [0.4, 0.5) is 5.82 Å². The molecule has 0 unspecified atom stereocenters. The second kappa shape index (κ2) is 4.26. The molecule has 21 heavy (non-hydrogen) atoms. The zero-order valence-electron chi connectivity index (χ0n) is 13.3. The van der Waals surface area contributed by atoms with Crippen molar-refractivity contribution in [1.29, 1.82) is 0 Å². The molecule has 1 aliphatic carbocycles. The highest BCUT2D eigenvalue weighted by Crippen LogP contribution is 2.74. The summed E-state index contributed by atoms with van der Waals surface area (Å²) in [6.07, 6.45) is 0. The number of benzene rings is 1. The number of anilines is 1. The number of methoxy groups -OCH3 is 1. The van der Waals surface area contributed by atoms with E-state index in [0.29, 0.717) is 11.7 Å². The van der Waals surface area contributed by atoms with E-state index in [1.807, 2.05) is 24.3 Å². The lowest BCUT2D eigenvalue weighted by Crippen LogP contribution is -1.96. The lowest BCUT2D eigenvalue weighted by molar-refractivity contribution is 0.416. The standard InChI is InChI=1S/C17H23N3O/c1-16(2)14(17(16,3)4)13-12(15(18)20-19-13)10-8-6-7-9-11(10)21-5/h6-9,14H,1-5H3,(H3,18,19,20). The maximum absolute atomic E-state index is 6.14. The first kappa shape index (κ1) is 14.0. The van der Waals surface area contributed by atoms with Gasteiger partial charge in [-0.25, -0.2) is 0 Å². The molecule has 1 fully saturated rings. The van der Waals surface area contributed by atoms with Gasteiger partial charge in [-0.15, -0.1) is 0 Å². The summed E-state index contributed by atoms with van der Waals surface area (Å²) in [4.78, 5) is 0. The second-order valence-electron chi connectivity index (χ2n) is 6.97. The van der Waals surface area contributed by atoms with E-state index in [1.54, 1.807) is 7.11 Å². The minimum atomic E-state index is 0.225. The van der Waals surface area contributed by atoms with Gasteiger partial charge in [-0.2, -0.15) is 5.10 Å². The summed E-state index contributed by atoms with van der Waals surface area (Å²) in [5.74, 6) is 1.77. The van der Waals surface area contributed by atoms with Crippen molar-refractivity contribution in [3.8, 4) is 16.9 Å². The first-order valence-electron chi connectivity index (χ1n) is 7.29. The predicted molar refractivity (Wildman–Crippen MR) is 85.3 cm³/mol. The number of hydrogen-bond acceptors (Lipinski definition) is 3. The van der Waals surface area contributed by atoms with Crippen LogP contribution in [0, 0.1) is 10.8 Å². The molecule has 1 aromatic carbocycles. The maximum atomic E-state index is 6.14. The van der Waals surface area contributed by atoms with E-state index in [0.717, 1.165) is 22.6 Å². The Bertz CT molecular complexity index is 671. The van der Waals surface area contributed by atoms with Crippen LogP contribution in [0.5, 0.6) is 5.75 Å². The number of para-hydroxylation sites is 1. The van der Waals surface area contributed by atoms with Crippen LogP contribution in [-0.2, 0) is 0 Å². The van der Waals surface area contributed by atoms with Crippen LogP contribution in [0.25, 0.3) is 11.1 Å². The number of aromatic amines is 1. The SMILES string of the molecule is COc1ccccc1-c1c(N)n[nH]c1C1C(C)(C)C1(C)C. The van der Waals surface area contributed by atoms with Gasteiger partial charge in [0.25, 0.3) is 0 Å². The number of rotatable bonds is 3. The molecule has 0 saturated heterocycles. The summed E-state index contributed by atoms with van der Waals surface area (Å²) in [5, 5.41) is 7.42. The van der Waals surface area contributed by atoms with Gasteiger partial charge in [0.15, 0.2) is 5.82 Å². The number of ether oxygens (including phenoxy) is 1. The smallest absolute Gasteiger partial charge is 0.153 e. The Morgan fingerprint density at radius 2 is 1.76 bits per heavy atom. The highest BCUT2D eigenvalue weighted by Gasteiger charge is 2.66. The molecule has 1 heterocycles. The molecule has 4 nitrogen and oxygen atoms in total. The molecule has 1 aromatic heterocycles. The summed E-state index contributed by atoms with van der Waals surface area (Å²) < 4.78 is 5.49. The zero-order valence-corrected chi connectivity index (χ0v) is 13.3. The van der Waals surface area contributed by atoms with Gasteiger partial charge in [-0.05, 0) is 16.9 Å². The molecule has 3 N–H and O–H groups in total. The van der Waals surface area contributed by atoms with Crippen molar-refractivity contribution in [3.05, 3.63) is 30.0 Å². The zero-order chi connectivity index (χ0) is 15.4. The fraction of sp³-hybridized carbons (Fsp3) is 0.471. The van der Waals surface area contributed by atoms with Gasteiger partial charge in [-0.1, -0.05) is 45.9 Å². The quantitative estimate of drug-likeness (QED) is 0.901. The molecule has 0 amide bonds. The van der Waals surface area contributed by atoms with Crippen molar-refractivity contribution in [2.24, 2.45) is 10.8 Å². The van der Waals surface area contributed by atoms with Crippen molar-refractivity contribution in [2.45, 2.75) is 33.6 Å². The fourth-order valence-electron chi connectivity index (χ4n) is 3.63. The fourth-order valence-corrected chi connectivity index (χ4v) is 3.63. The predicted octanol–water partition coefficient (Wildman–Crippen LogP) is 3.82. The lowest BCUT2D eigenvalue weighted by atomic mass is 9.98. The monoisotopic (exact) mass is 285 g/mol. The van der Waals surface area contributed by atoms with E-state index in [1.165, 1.54) is 0 Å². The number of nitrogen functional groups attached to an aromatic ring is 1. The minimum absolute atomic E-state index is 0.225. The molecule has 4 heteroatoms. The van der Waals surface area contributed by atoms with Gasteiger partial charge >= 0.3 is 0 Å². The van der Waals surface area contributed by atoms with E-state index in [9.17, 15) is 0 Å². The molecule has 0 radical (unpaired) electrons. The highest BCUT2D eigenvalue weighted by atomic mass is 16.5. The van der Waals surface area contributed by atoms with E-state index in [4.69, 9.17) is 10.5 Å². The average Bonchev–Trinajstić information content (AvgIpc) is 2.72. The Hall–Kier alpha value is -1.97. The third kappa shape index (κ3) is 1.78. The molecule has 1 saturated carbocycles. The first-order valence-corrected chi connectivity index (χ1v) is 7.29. The molecule has 2 aromatic rings. The second-order valence-corrected chi connectivity index (χ2v) is 6.97. The number of aromatic nitrogens is 2. The van der Waals surface area contributed by atoms with Crippen LogP contribution in [0.3, 0.4) is 0 Å².